The molecule has 0 fully saturated rings. The Bertz CT molecular complexity index is 653. The third-order valence-electron chi connectivity index (χ3n) is 3.69. The molecule has 2 rings (SSSR count). The largest absolute Gasteiger partial charge is 0.486 e. The third-order valence-corrected chi connectivity index (χ3v) is 4.56. The molecule has 0 unspecified atom stereocenters. The SMILES string of the molecule is CC[C@H](NC(=O)Cc1csc(COc2ccc(C)cc2)n1)[C@@H](C)O. The molecule has 5 nitrogen and oxygen atoms in total. The zero-order valence-corrected chi connectivity index (χ0v) is 15.1. The maximum absolute atomic E-state index is 12.0. The van der Waals surface area contributed by atoms with Gasteiger partial charge in [-0.1, -0.05) is 24.6 Å². The predicted molar refractivity (Wildman–Crippen MR) is 95.2 cm³/mol. The van der Waals surface area contributed by atoms with E-state index in [4.69, 9.17) is 4.74 Å². The van der Waals surface area contributed by atoms with Crippen molar-refractivity contribution in [3.63, 3.8) is 0 Å². The van der Waals surface area contributed by atoms with Crippen molar-refractivity contribution in [2.75, 3.05) is 0 Å². The van der Waals surface area contributed by atoms with Crippen molar-refractivity contribution in [1.82, 2.24) is 10.3 Å². The van der Waals surface area contributed by atoms with Crippen molar-refractivity contribution >= 4 is 17.2 Å². The van der Waals surface area contributed by atoms with Crippen LogP contribution in [0.15, 0.2) is 29.6 Å². The van der Waals surface area contributed by atoms with Gasteiger partial charge < -0.3 is 15.2 Å². The van der Waals surface area contributed by atoms with E-state index in [9.17, 15) is 9.90 Å². The summed E-state index contributed by atoms with van der Waals surface area (Å²) < 4.78 is 5.69. The molecule has 0 aliphatic rings. The van der Waals surface area contributed by atoms with Crippen LogP contribution >= 0.6 is 11.3 Å². The lowest BCUT2D eigenvalue weighted by molar-refractivity contribution is -0.122. The topological polar surface area (TPSA) is 71.5 Å². The molecular weight excluding hydrogens is 324 g/mol. The Morgan fingerprint density at radius 3 is 2.71 bits per heavy atom. The minimum Gasteiger partial charge on any atom is -0.486 e. The Balaban J connectivity index is 1.84. The molecule has 1 aromatic carbocycles. The molecule has 2 N–H and O–H groups in total. The number of rotatable bonds is 8. The molecule has 1 aromatic heterocycles. The first-order chi connectivity index (χ1) is 11.5. The van der Waals surface area contributed by atoms with E-state index in [0.29, 0.717) is 13.0 Å². The third kappa shape index (κ3) is 5.62. The van der Waals surface area contributed by atoms with E-state index in [-0.39, 0.29) is 18.4 Å². The average Bonchev–Trinajstić information content (AvgIpc) is 2.99. The van der Waals surface area contributed by atoms with E-state index in [1.807, 2.05) is 43.5 Å². The Morgan fingerprint density at radius 2 is 2.08 bits per heavy atom. The summed E-state index contributed by atoms with van der Waals surface area (Å²) in [5.74, 6) is 0.678. The summed E-state index contributed by atoms with van der Waals surface area (Å²) in [6, 6.07) is 7.63. The van der Waals surface area contributed by atoms with Crippen LogP contribution in [0.3, 0.4) is 0 Å². The van der Waals surface area contributed by atoms with Gasteiger partial charge >= 0.3 is 0 Å². The van der Waals surface area contributed by atoms with E-state index in [1.54, 1.807) is 6.92 Å². The maximum Gasteiger partial charge on any atom is 0.226 e. The Kier molecular flexibility index (Phi) is 6.75. The van der Waals surface area contributed by atoms with Crippen molar-refractivity contribution < 1.29 is 14.6 Å². The first-order valence-corrected chi connectivity index (χ1v) is 8.96. The van der Waals surface area contributed by atoms with Crippen molar-refractivity contribution in [3.8, 4) is 5.75 Å². The number of aromatic nitrogens is 1. The van der Waals surface area contributed by atoms with E-state index in [0.717, 1.165) is 16.5 Å². The first kappa shape index (κ1) is 18.4. The molecule has 2 atom stereocenters. The van der Waals surface area contributed by atoms with Crippen LogP contribution in [0.4, 0.5) is 0 Å². The van der Waals surface area contributed by atoms with Gasteiger partial charge in [0.1, 0.15) is 17.4 Å². The first-order valence-electron chi connectivity index (χ1n) is 8.08. The summed E-state index contributed by atoms with van der Waals surface area (Å²) in [6.45, 7) is 6.03. The van der Waals surface area contributed by atoms with Crippen LogP contribution in [0.1, 0.15) is 36.5 Å². The fourth-order valence-electron chi connectivity index (χ4n) is 2.26. The lowest BCUT2D eigenvalue weighted by Gasteiger charge is -2.19. The van der Waals surface area contributed by atoms with Crippen molar-refractivity contribution in [2.45, 2.75) is 52.4 Å². The summed E-state index contributed by atoms with van der Waals surface area (Å²) in [7, 11) is 0. The molecule has 0 saturated heterocycles. The molecule has 0 aliphatic carbocycles. The number of hydrogen-bond acceptors (Lipinski definition) is 5. The summed E-state index contributed by atoms with van der Waals surface area (Å²) in [5.41, 5.74) is 1.91. The number of thiazole rings is 1. The number of ether oxygens (including phenoxy) is 1. The Hall–Kier alpha value is -1.92. The number of aryl methyl sites for hydroxylation is 1. The number of aliphatic hydroxyl groups excluding tert-OH is 1. The minimum atomic E-state index is -0.562. The zero-order valence-electron chi connectivity index (χ0n) is 14.3. The molecule has 2 aromatic rings. The van der Waals surface area contributed by atoms with Crippen LogP contribution in [0.25, 0.3) is 0 Å². The molecule has 0 radical (unpaired) electrons. The van der Waals surface area contributed by atoms with Gasteiger partial charge in [0.05, 0.1) is 24.3 Å². The summed E-state index contributed by atoms with van der Waals surface area (Å²) in [6.07, 6.45) is 0.341. The van der Waals surface area contributed by atoms with Crippen molar-refractivity contribution in [2.24, 2.45) is 0 Å². The fourth-order valence-corrected chi connectivity index (χ4v) is 2.97. The molecule has 6 heteroatoms. The molecule has 1 amide bonds. The van der Waals surface area contributed by atoms with Crippen LogP contribution in [-0.4, -0.2) is 28.1 Å². The van der Waals surface area contributed by atoms with Gasteiger partial charge in [-0.05, 0) is 32.4 Å². The van der Waals surface area contributed by atoms with Crippen LogP contribution in [0.2, 0.25) is 0 Å². The van der Waals surface area contributed by atoms with Gasteiger partial charge in [-0.3, -0.25) is 4.79 Å². The molecule has 0 bridgehead atoms. The molecule has 24 heavy (non-hydrogen) atoms. The predicted octanol–water partition coefficient (Wildman–Crippen LogP) is 2.85. The number of nitrogens with zero attached hydrogens (tertiary/aromatic N) is 1. The van der Waals surface area contributed by atoms with E-state index in [2.05, 4.69) is 10.3 Å². The standard InChI is InChI=1S/C18H24N2O3S/c1-4-16(13(3)21)20-17(22)9-14-11-24-18(19-14)10-23-15-7-5-12(2)6-8-15/h5-8,11,13,16,21H,4,9-10H2,1-3H3,(H,20,22)/t13-,16+/m1/s1. The average molecular weight is 348 g/mol. The monoisotopic (exact) mass is 348 g/mol. The second-order valence-corrected chi connectivity index (χ2v) is 6.78. The summed E-state index contributed by atoms with van der Waals surface area (Å²) in [4.78, 5) is 16.4. The lowest BCUT2D eigenvalue weighted by atomic mass is 10.1. The van der Waals surface area contributed by atoms with Crippen molar-refractivity contribution in [3.05, 3.63) is 45.9 Å². The van der Waals surface area contributed by atoms with Gasteiger partial charge in [-0.2, -0.15) is 0 Å². The molecule has 0 spiro atoms. The van der Waals surface area contributed by atoms with Crippen LogP contribution in [0, 0.1) is 6.92 Å². The fraction of sp³-hybridized carbons (Fsp3) is 0.444. The molecule has 0 saturated carbocycles. The van der Waals surface area contributed by atoms with Gasteiger partial charge in [-0.15, -0.1) is 11.3 Å². The van der Waals surface area contributed by atoms with Crippen LogP contribution < -0.4 is 10.1 Å². The van der Waals surface area contributed by atoms with E-state index in [1.165, 1.54) is 16.9 Å². The second-order valence-electron chi connectivity index (χ2n) is 5.83. The highest BCUT2D eigenvalue weighted by atomic mass is 32.1. The summed E-state index contributed by atoms with van der Waals surface area (Å²) in [5, 5.41) is 15.1. The minimum absolute atomic E-state index is 0.126. The normalized spacial score (nSPS) is 13.3. The molecular formula is C18H24N2O3S. The highest BCUT2D eigenvalue weighted by Crippen LogP contribution is 2.16. The molecule has 130 valence electrons. The van der Waals surface area contributed by atoms with E-state index >= 15 is 0 Å². The zero-order chi connectivity index (χ0) is 17.5. The van der Waals surface area contributed by atoms with E-state index < -0.39 is 6.10 Å². The number of amides is 1. The maximum atomic E-state index is 12.0. The Labute approximate surface area is 146 Å². The Morgan fingerprint density at radius 1 is 1.38 bits per heavy atom. The summed E-state index contributed by atoms with van der Waals surface area (Å²) >= 11 is 1.48. The van der Waals surface area contributed by atoms with Crippen LogP contribution in [-0.2, 0) is 17.8 Å². The number of benzene rings is 1. The highest BCUT2D eigenvalue weighted by molar-refractivity contribution is 7.09. The van der Waals surface area contributed by atoms with Gasteiger partial charge in [0, 0.05) is 5.38 Å². The quantitative estimate of drug-likeness (QED) is 0.769. The van der Waals surface area contributed by atoms with Gasteiger partial charge in [0.15, 0.2) is 0 Å². The van der Waals surface area contributed by atoms with Crippen molar-refractivity contribution in [1.29, 1.82) is 0 Å². The van der Waals surface area contributed by atoms with Gasteiger partial charge in [-0.25, -0.2) is 4.98 Å². The van der Waals surface area contributed by atoms with Gasteiger partial charge in [0.2, 0.25) is 5.91 Å². The number of carbonyl (C=O) groups excluding carboxylic acids is 1. The number of nitrogens with one attached hydrogen (secondary N) is 1. The molecule has 1 heterocycles. The second kappa shape index (κ2) is 8.80. The highest BCUT2D eigenvalue weighted by Gasteiger charge is 2.16. The number of hydrogen-bond donors (Lipinski definition) is 2. The lowest BCUT2D eigenvalue weighted by Crippen LogP contribution is -2.42. The number of carbonyl (C=O) groups is 1. The number of aliphatic hydroxyl groups is 1. The van der Waals surface area contributed by atoms with Gasteiger partial charge in [0.25, 0.3) is 0 Å². The molecule has 0 aliphatic heterocycles. The van der Waals surface area contributed by atoms with Crippen LogP contribution in [0.5, 0.6) is 5.75 Å². The smallest absolute Gasteiger partial charge is 0.226 e.